The van der Waals surface area contributed by atoms with E-state index in [0.29, 0.717) is 16.6 Å². The number of aliphatic hydroxyl groups is 2. The maximum Gasteiger partial charge on any atom is 0.251 e. The molecule has 1 unspecified atom stereocenters. The Morgan fingerprint density at radius 1 is 1.28 bits per heavy atom. The molecule has 2 rings (SSSR count). The maximum atomic E-state index is 11.8. The number of carbonyl (C=O) groups is 1. The van der Waals surface area contributed by atoms with Crippen molar-refractivity contribution in [1.29, 1.82) is 0 Å². The van der Waals surface area contributed by atoms with Gasteiger partial charge in [0.2, 0.25) is 0 Å². The predicted molar refractivity (Wildman–Crippen MR) is 65.0 cm³/mol. The van der Waals surface area contributed by atoms with Crippen molar-refractivity contribution in [2.24, 2.45) is 0 Å². The van der Waals surface area contributed by atoms with E-state index in [9.17, 15) is 4.79 Å². The SMILES string of the molecule is O=C(NCC(O)CO)c1ccc2nccnc2c1. The van der Waals surface area contributed by atoms with Gasteiger partial charge in [-0.05, 0) is 18.2 Å². The number of hydrogen-bond acceptors (Lipinski definition) is 5. The van der Waals surface area contributed by atoms with Crippen LogP contribution in [0.2, 0.25) is 0 Å². The Morgan fingerprint density at radius 3 is 2.72 bits per heavy atom. The molecule has 18 heavy (non-hydrogen) atoms. The Morgan fingerprint density at radius 2 is 2.00 bits per heavy atom. The monoisotopic (exact) mass is 247 g/mol. The summed E-state index contributed by atoms with van der Waals surface area (Å²) in [6.45, 7) is -0.378. The van der Waals surface area contributed by atoms with Crippen LogP contribution in [0.25, 0.3) is 11.0 Å². The second-order valence-corrected chi connectivity index (χ2v) is 3.81. The minimum atomic E-state index is -0.950. The first-order valence-corrected chi connectivity index (χ1v) is 5.48. The van der Waals surface area contributed by atoms with Crippen molar-refractivity contribution < 1.29 is 15.0 Å². The van der Waals surface area contributed by atoms with E-state index in [4.69, 9.17) is 10.2 Å². The molecule has 0 aliphatic rings. The first-order chi connectivity index (χ1) is 8.70. The summed E-state index contributed by atoms with van der Waals surface area (Å²) in [6, 6.07) is 4.97. The molecular formula is C12H13N3O3. The summed E-state index contributed by atoms with van der Waals surface area (Å²) in [5, 5.41) is 20.3. The van der Waals surface area contributed by atoms with Gasteiger partial charge in [-0.25, -0.2) is 0 Å². The lowest BCUT2D eigenvalue weighted by Gasteiger charge is -2.09. The van der Waals surface area contributed by atoms with E-state index < -0.39 is 6.10 Å². The molecule has 0 radical (unpaired) electrons. The minimum Gasteiger partial charge on any atom is -0.394 e. The van der Waals surface area contributed by atoms with Gasteiger partial charge in [0.1, 0.15) is 0 Å². The van der Waals surface area contributed by atoms with Gasteiger partial charge in [0.05, 0.1) is 23.7 Å². The lowest BCUT2D eigenvalue weighted by Crippen LogP contribution is -2.33. The van der Waals surface area contributed by atoms with Crippen molar-refractivity contribution >= 4 is 16.9 Å². The highest BCUT2D eigenvalue weighted by atomic mass is 16.3. The summed E-state index contributed by atoms with van der Waals surface area (Å²) in [5.41, 5.74) is 1.78. The topological polar surface area (TPSA) is 95.3 Å². The average Bonchev–Trinajstić information content (AvgIpc) is 2.43. The van der Waals surface area contributed by atoms with Gasteiger partial charge < -0.3 is 15.5 Å². The smallest absolute Gasteiger partial charge is 0.251 e. The van der Waals surface area contributed by atoms with Crippen LogP contribution < -0.4 is 5.32 Å². The molecule has 0 aliphatic carbocycles. The fraction of sp³-hybridized carbons (Fsp3) is 0.250. The minimum absolute atomic E-state index is 0.00778. The van der Waals surface area contributed by atoms with E-state index in [1.54, 1.807) is 30.6 Å². The van der Waals surface area contributed by atoms with E-state index in [-0.39, 0.29) is 19.1 Å². The summed E-state index contributed by atoms with van der Waals surface area (Å²) in [6.07, 6.45) is 2.19. The van der Waals surface area contributed by atoms with Gasteiger partial charge in [-0.3, -0.25) is 14.8 Å². The summed E-state index contributed by atoms with van der Waals surface area (Å²) < 4.78 is 0. The quantitative estimate of drug-likeness (QED) is 0.690. The van der Waals surface area contributed by atoms with Crippen molar-refractivity contribution in [3.8, 4) is 0 Å². The fourth-order valence-electron chi connectivity index (χ4n) is 1.48. The second-order valence-electron chi connectivity index (χ2n) is 3.81. The number of benzene rings is 1. The van der Waals surface area contributed by atoms with Crippen LogP contribution in [0.1, 0.15) is 10.4 Å². The van der Waals surface area contributed by atoms with Crippen LogP contribution in [0, 0.1) is 0 Å². The molecule has 0 fully saturated rings. The highest BCUT2D eigenvalue weighted by Crippen LogP contribution is 2.10. The summed E-state index contributed by atoms with van der Waals surface area (Å²) >= 11 is 0. The van der Waals surface area contributed by atoms with E-state index in [0.717, 1.165) is 0 Å². The van der Waals surface area contributed by atoms with E-state index in [1.165, 1.54) is 0 Å². The number of fused-ring (bicyclic) bond motifs is 1. The number of hydrogen-bond donors (Lipinski definition) is 3. The zero-order valence-corrected chi connectivity index (χ0v) is 9.58. The van der Waals surface area contributed by atoms with Crippen molar-refractivity contribution in [2.75, 3.05) is 13.2 Å². The Bertz CT molecular complexity index is 559. The molecule has 94 valence electrons. The third-order valence-corrected chi connectivity index (χ3v) is 2.44. The van der Waals surface area contributed by atoms with Crippen LogP contribution in [0.15, 0.2) is 30.6 Å². The van der Waals surface area contributed by atoms with Crippen LogP contribution in [0.3, 0.4) is 0 Å². The van der Waals surface area contributed by atoms with Crippen molar-refractivity contribution in [3.63, 3.8) is 0 Å². The van der Waals surface area contributed by atoms with E-state index in [2.05, 4.69) is 15.3 Å². The number of rotatable bonds is 4. The lowest BCUT2D eigenvalue weighted by molar-refractivity contribution is 0.0802. The fourth-order valence-corrected chi connectivity index (χ4v) is 1.48. The molecule has 0 bridgehead atoms. The molecule has 6 heteroatoms. The highest BCUT2D eigenvalue weighted by Gasteiger charge is 2.09. The molecule has 1 heterocycles. The third-order valence-electron chi connectivity index (χ3n) is 2.44. The lowest BCUT2D eigenvalue weighted by atomic mass is 10.2. The largest absolute Gasteiger partial charge is 0.394 e. The van der Waals surface area contributed by atoms with Crippen LogP contribution in [0.4, 0.5) is 0 Å². The first-order valence-electron chi connectivity index (χ1n) is 5.48. The zero-order chi connectivity index (χ0) is 13.0. The van der Waals surface area contributed by atoms with Gasteiger partial charge in [0.15, 0.2) is 0 Å². The molecular weight excluding hydrogens is 234 g/mol. The van der Waals surface area contributed by atoms with E-state index in [1.807, 2.05) is 0 Å². The number of nitrogens with zero attached hydrogens (tertiary/aromatic N) is 2. The summed E-state index contributed by atoms with van der Waals surface area (Å²) in [5.74, 6) is -0.324. The highest BCUT2D eigenvalue weighted by molar-refractivity contribution is 5.97. The third kappa shape index (κ3) is 2.79. The molecule has 3 N–H and O–H groups in total. The van der Waals surface area contributed by atoms with Crippen molar-refractivity contribution in [1.82, 2.24) is 15.3 Å². The standard InChI is InChI=1S/C12H13N3O3/c16-7-9(17)6-15-12(18)8-1-2-10-11(5-8)14-4-3-13-10/h1-5,9,16-17H,6-7H2,(H,15,18). The van der Waals surface area contributed by atoms with Crippen LogP contribution in [-0.2, 0) is 0 Å². The van der Waals surface area contributed by atoms with Gasteiger partial charge in [0, 0.05) is 24.5 Å². The normalized spacial score (nSPS) is 12.3. The van der Waals surface area contributed by atoms with Crippen LogP contribution in [-0.4, -0.2) is 45.3 Å². The number of aromatic nitrogens is 2. The molecule has 6 nitrogen and oxygen atoms in total. The number of amides is 1. The Kier molecular flexibility index (Phi) is 3.81. The number of nitrogens with one attached hydrogen (secondary N) is 1. The molecule has 1 amide bonds. The average molecular weight is 247 g/mol. The molecule has 0 spiro atoms. The van der Waals surface area contributed by atoms with Crippen LogP contribution >= 0.6 is 0 Å². The van der Waals surface area contributed by atoms with Gasteiger partial charge in [-0.1, -0.05) is 0 Å². The molecule has 0 saturated carbocycles. The first kappa shape index (κ1) is 12.4. The predicted octanol–water partition coefficient (Wildman–Crippen LogP) is -0.287. The maximum absolute atomic E-state index is 11.8. The molecule has 2 aromatic rings. The van der Waals surface area contributed by atoms with Gasteiger partial charge in [-0.2, -0.15) is 0 Å². The molecule has 1 aromatic carbocycles. The number of aliphatic hydroxyl groups excluding tert-OH is 2. The second kappa shape index (κ2) is 5.52. The molecule has 1 aromatic heterocycles. The van der Waals surface area contributed by atoms with Crippen molar-refractivity contribution in [2.45, 2.75) is 6.10 Å². The molecule has 0 aliphatic heterocycles. The Labute approximate surface area is 103 Å². The Balaban J connectivity index is 2.13. The summed E-state index contributed by atoms with van der Waals surface area (Å²) in [4.78, 5) is 20.0. The van der Waals surface area contributed by atoms with Crippen molar-refractivity contribution in [3.05, 3.63) is 36.2 Å². The Hall–Kier alpha value is -2.05. The van der Waals surface area contributed by atoms with E-state index >= 15 is 0 Å². The molecule has 1 atom stereocenters. The van der Waals surface area contributed by atoms with Gasteiger partial charge in [-0.15, -0.1) is 0 Å². The van der Waals surface area contributed by atoms with Gasteiger partial charge in [0.25, 0.3) is 5.91 Å². The van der Waals surface area contributed by atoms with Gasteiger partial charge >= 0.3 is 0 Å². The van der Waals surface area contributed by atoms with Crippen LogP contribution in [0.5, 0.6) is 0 Å². The zero-order valence-electron chi connectivity index (χ0n) is 9.58. The number of carbonyl (C=O) groups excluding carboxylic acids is 1. The molecule has 0 saturated heterocycles. The summed E-state index contributed by atoms with van der Waals surface area (Å²) in [7, 11) is 0.